The van der Waals surface area contributed by atoms with Gasteiger partial charge in [-0.2, -0.15) is 0 Å². The van der Waals surface area contributed by atoms with Gasteiger partial charge in [0.1, 0.15) is 0 Å². The Hall–Kier alpha value is -1.72. The molecule has 0 unspecified atom stereocenters. The van der Waals surface area contributed by atoms with Crippen LogP contribution >= 0.6 is 11.6 Å². The molecule has 3 heterocycles. The van der Waals surface area contributed by atoms with Crippen LogP contribution in [0.4, 0.5) is 5.95 Å². The van der Waals surface area contributed by atoms with Crippen LogP contribution in [0, 0.1) is 0 Å². The van der Waals surface area contributed by atoms with E-state index in [1.165, 1.54) is 0 Å². The first-order valence-electron chi connectivity index (χ1n) is 6.13. The largest absolute Gasteiger partial charge is 0.368 e. The Kier molecular flexibility index (Phi) is 3.31. The lowest BCUT2D eigenvalue weighted by atomic mass is 10.1. The fourth-order valence-electron chi connectivity index (χ4n) is 2.30. The lowest BCUT2D eigenvalue weighted by Gasteiger charge is -2.28. The summed E-state index contributed by atoms with van der Waals surface area (Å²) < 4.78 is 0. The van der Waals surface area contributed by atoms with Gasteiger partial charge in [0, 0.05) is 50.2 Å². The summed E-state index contributed by atoms with van der Waals surface area (Å²) in [4.78, 5) is 14.7. The highest BCUT2D eigenvalue weighted by Crippen LogP contribution is 2.21. The van der Waals surface area contributed by atoms with E-state index in [1.807, 2.05) is 12.3 Å². The van der Waals surface area contributed by atoms with Crippen LogP contribution in [-0.4, -0.2) is 26.4 Å². The summed E-state index contributed by atoms with van der Waals surface area (Å²) in [6.45, 7) is 2.58. The first-order valence-corrected chi connectivity index (χ1v) is 6.51. The maximum Gasteiger partial charge on any atom is 0.220 e. The van der Waals surface area contributed by atoms with Crippen molar-refractivity contribution in [2.24, 2.45) is 0 Å². The Morgan fingerprint density at radius 2 is 2.26 bits per heavy atom. The summed E-state index contributed by atoms with van der Waals surface area (Å²) in [6, 6.07) is 1.96. The summed E-state index contributed by atoms with van der Waals surface area (Å²) in [5.41, 5.74) is 8.90. The van der Waals surface area contributed by atoms with Gasteiger partial charge in [-0.1, -0.05) is 11.6 Å². The molecule has 5 nitrogen and oxygen atoms in total. The molecule has 3 rings (SSSR count). The smallest absolute Gasteiger partial charge is 0.220 e. The van der Waals surface area contributed by atoms with Crippen molar-refractivity contribution in [3.63, 3.8) is 0 Å². The number of pyridine rings is 1. The minimum absolute atomic E-state index is 0.351. The normalized spacial score (nSPS) is 15.2. The first kappa shape index (κ1) is 12.3. The zero-order chi connectivity index (χ0) is 13.2. The second kappa shape index (κ2) is 5.11. The zero-order valence-corrected chi connectivity index (χ0v) is 11.1. The van der Waals surface area contributed by atoms with E-state index < -0.39 is 0 Å². The molecule has 1 aliphatic rings. The lowest BCUT2D eigenvalue weighted by molar-refractivity contribution is 0.243. The SMILES string of the molecule is Nc1ncc2c(n1)CCN(Cc1ccncc1Cl)C2. The molecular weight excluding hydrogens is 262 g/mol. The van der Waals surface area contributed by atoms with E-state index in [-0.39, 0.29) is 0 Å². The number of anilines is 1. The molecule has 0 atom stereocenters. The molecule has 0 saturated heterocycles. The van der Waals surface area contributed by atoms with Crippen LogP contribution in [-0.2, 0) is 19.5 Å². The summed E-state index contributed by atoms with van der Waals surface area (Å²) >= 11 is 6.13. The third kappa shape index (κ3) is 2.67. The average molecular weight is 276 g/mol. The molecule has 0 aliphatic carbocycles. The van der Waals surface area contributed by atoms with Crippen molar-refractivity contribution in [2.75, 3.05) is 12.3 Å². The molecule has 0 saturated carbocycles. The molecule has 0 aromatic carbocycles. The van der Waals surface area contributed by atoms with E-state index >= 15 is 0 Å². The van der Waals surface area contributed by atoms with Gasteiger partial charge in [0.25, 0.3) is 0 Å². The van der Waals surface area contributed by atoms with Crippen molar-refractivity contribution in [2.45, 2.75) is 19.5 Å². The molecule has 0 bridgehead atoms. The average Bonchev–Trinajstić information content (AvgIpc) is 2.41. The fourth-order valence-corrected chi connectivity index (χ4v) is 2.48. The van der Waals surface area contributed by atoms with Crippen molar-refractivity contribution >= 4 is 17.5 Å². The molecule has 0 radical (unpaired) electrons. The van der Waals surface area contributed by atoms with E-state index in [0.717, 1.165) is 42.9 Å². The number of rotatable bonds is 2. The maximum atomic E-state index is 6.13. The minimum atomic E-state index is 0.351. The molecule has 6 heteroatoms. The molecular formula is C13H14ClN5. The van der Waals surface area contributed by atoms with Crippen LogP contribution in [0.2, 0.25) is 5.02 Å². The lowest BCUT2D eigenvalue weighted by Crippen LogP contribution is -2.31. The van der Waals surface area contributed by atoms with Crippen molar-refractivity contribution in [3.8, 4) is 0 Å². The van der Waals surface area contributed by atoms with Gasteiger partial charge in [-0.3, -0.25) is 9.88 Å². The predicted octanol–water partition coefficient (Wildman–Crippen LogP) is 1.67. The van der Waals surface area contributed by atoms with Crippen molar-refractivity contribution in [1.29, 1.82) is 0 Å². The van der Waals surface area contributed by atoms with Crippen LogP contribution in [0.3, 0.4) is 0 Å². The maximum absolute atomic E-state index is 6.13. The monoisotopic (exact) mass is 275 g/mol. The quantitative estimate of drug-likeness (QED) is 0.903. The van der Waals surface area contributed by atoms with Gasteiger partial charge in [0.05, 0.1) is 10.7 Å². The summed E-state index contributed by atoms with van der Waals surface area (Å²) in [5, 5.41) is 0.710. The molecule has 0 amide bonds. The third-order valence-corrected chi connectivity index (χ3v) is 3.62. The van der Waals surface area contributed by atoms with Gasteiger partial charge in [-0.15, -0.1) is 0 Å². The Morgan fingerprint density at radius 3 is 3.11 bits per heavy atom. The van der Waals surface area contributed by atoms with Crippen molar-refractivity contribution in [1.82, 2.24) is 19.9 Å². The number of nitrogens with zero attached hydrogens (tertiary/aromatic N) is 4. The molecule has 1 aliphatic heterocycles. The molecule has 0 fully saturated rings. The van der Waals surface area contributed by atoms with E-state index in [0.29, 0.717) is 11.0 Å². The summed E-state index contributed by atoms with van der Waals surface area (Å²) in [6.07, 6.45) is 6.16. The van der Waals surface area contributed by atoms with Gasteiger partial charge in [0.2, 0.25) is 5.95 Å². The summed E-state index contributed by atoms with van der Waals surface area (Å²) in [5.74, 6) is 0.351. The Bertz CT molecular complexity index is 601. The van der Waals surface area contributed by atoms with Crippen LogP contribution in [0.5, 0.6) is 0 Å². The molecule has 2 aromatic rings. The topological polar surface area (TPSA) is 67.9 Å². The van der Waals surface area contributed by atoms with E-state index in [2.05, 4.69) is 19.9 Å². The third-order valence-electron chi connectivity index (χ3n) is 3.28. The van der Waals surface area contributed by atoms with Crippen LogP contribution < -0.4 is 5.73 Å². The zero-order valence-electron chi connectivity index (χ0n) is 10.4. The predicted molar refractivity (Wildman–Crippen MR) is 73.5 cm³/mol. The van der Waals surface area contributed by atoms with Gasteiger partial charge < -0.3 is 5.73 Å². The van der Waals surface area contributed by atoms with Gasteiger partial charge in [-0.05, 0) is 11.6 Å². The molecule has 19 heavy (non-hydrogen) atoms. The number of fused-ring (bicyclic) bond motifs is 1. The van der Waals surface area contributed by atoms with Crippen LogP contribution in [0.1, 0.15) is 16.8 Å². The Labute approximate surface area is 116 Å². The number of aromatic nitrogens is 3. The van der Waals surface area contributed by atoms with E-state index in [4.69, 9.17) is 17.3 Å². The highest BCUT2D eigenvalue weighted by Gasteiger charge is 2.18. The summed E-state index contributed by atoms with van der Waals surface area (Å²) in [7, 11) is 0. The van der Waals surface area contributed by atoms with Crippen molar-refractivity contribution in [3.05, 3.63) is 46.5 Å². The van der Waals surface area contributed by atoms with Gasteiger partial charge >= 0.3 is 0 Å². The number of nitrogen functional groups attached to an aromatic ring is 1. The van der Waals surface area contributed by atoms with Crippen molar-refractivity contribution < 1.29 is 0 Å². The van der Waals surface area contributed by atoms with Gasteiger partial charge in [0.15, 0.2) is 0 Å². The molecule has 2 aromatic heterocycles. The Morgan fingerprint density at radius 1 is 1.37 bits per heavy atom. The van der Waals surface area contributed by atoms with E-state index in [1.54, 1.807) is 12.4 Å². The number of hydrogen-bond donors (Lipinski definition) is 1. The second-order valence-corrected chi connectivity index (χ2v) is 5.04. The molecule has 98 valence electrons. The highest BCUT2D eigenvalue weighted by atomic mass is 35.5. The number of halogens is 1. The Balaban J connectivity index is 1.76. The standard InChI is InChI=1S/C13H14ClN5/c14-11-6-16-3-1-9(11)7-19-4-2-12-10(8-19)5-17-13(15)18-12/h1,3,5-6H,2,4,7-8H2,(H2,15,17,18). The first-order chi connectivity index (χ1) is 9.22. The highest BCUT2D eigenvalue weighted by molar-refractivity contribution is 6.31. The number of hydrogen-bond acceptors (Lipinski definition) is 5. The molecule has 2 N–H and O–H groups in total. The number of nitrogens with two attached hydrogens (primary N) is 1. The fraction of sp³-hybridized carbons (Fsp3) is 0.308. The molecule has 0 spiro atoms. The van der Waals surface area contributed by atoms with E-state index in [9.17, 15) is 0 Å². The van der Waals surface area contributed by atoms with Gasteiger partial charge in [-0.25, -0.2) is 9.97 Å². The second-order valence-electron chi connectivity index (χ2n) is 4.63. The van der Waals surface area contributed by atoms with Crippen LogP contribution in [0.25, 0.3) is 0 Å². The minimum Gasteiger partial charge on any atom is -0.368 e. The van der Waals surface area contributed by atoms with Crippen LogP contribution in [0.15, 0.2) is 24.7 Å².